The van der Waals surface area contributed by atoms with Gasteiger partial charge in [-0.2, -0.15) is 4.31 Å². The topological polar surface area (TPSA) is 74.7 Å². The van der Waals surface area contributed by atoms with Crippen LogP contribution in [0.2, 0.25) is 0 Å². The van der Waals surface area contributed by atoms with E-state index in [0.717, 1.165) is 35.4 Å². The monoisotopic (exact) mass is 317 g/mol. The molecule has 1 heterocycles. The molecule has 1 N–H and O–H groups in total. The van der Waals surface area contributed by atoms with Gasteiger partial charge in [0, 0.05) is 15.8 Å². The van der Waals surface area contributed by atoms with Gasteiger partial charge in [0.05, 0.1) is 4.90 Å². The molecule has 5 nitrogen and oxygen atoms in total. The van der Waals surface area contributed by atoms with E-state index in [0.29, 0.717) is 0 Å². The molecule has 0 radical (unpaired) electrons. The van der Waals surface area contributed by atoms with Crippen LogP contribution in [-0.4, -0.2) is 36.4 Å². The van der Waals surface area contributed by atoms with Crippen LogP contribution >= 0.6 is 11.3 Å². The van der Waals surface area contributed by atoms with Gasteiger partial charge >= 0.3 is 5.97 Å². The second-order valence-corrected chi connectivity index (χ2v) is 8.48. The van der Waals surface area contributed by atoms with Gasteiger partial charge in [-0.3, -0.25) is 4.79 Å². The normalized spacial score (nSPS) is 16.9. The summed E-state index contributed by atoms with van der Waals surface area (Å²) in [4.78, 5) is 12.9. The number of aliphatic carboxylic acids is 1. The number of thiophene rings is 1. The minimum absolute atomic E-state index is 0.185. The quantitative estimate of drug-likeness (QED) is 0.905. The third kappa shape index (κ3) is 3.05. The van der Waals surface area contributed by atoms with Crippen LogP contribution in [-0.2, 0) is 14.8 Å². The molecule has 0 atom stereocenters. The molecule has 1 fully saturated rings. The van der Waals surface area contributed by atoms with Crippen molar-refractivity contribution in [2.45, 2.75) is 50.5 Å². The zero-order chi connectivity index (χ0) is 14.9. The average molecular weight is 317 g/mol. The summed E-state index contributed by atoms with van der Waals surface area (Å²) in [6, 6.07) is 1.45. The first kappa shape index (κ1) is 15.5. The molecule has 1 aromatic heterocycles. The zero-order valence-corrected chi connectivity index (χ0v) is 13.3. The number of hydrogen-bond acceptors (Lipinski definition) is 4. The smallest absolute Gasteiger partial charge is 0.318 e. The Kier molecular flexibility index (Phi) is 4.51. The Morgan fingerprint density at radius 3 is 2.45 bits per heavy atom. The van der Waals surface area contributed by atoms with Crippen LogP contribution in [0.1, 0.15) is 35.4 Å². The first-order chi connectivity index (χ1) is 9.32. The molecule has 20 heavy (non-hydrogen) atoms. The summed E-state index contributed by atoms with van der Waals surface area (Å²) >= 11 is 1.42. The van der Waals surface area contributed by atoms with Crippen LogP contribution in [0, 0.1) is 13.8 Å². The van der Waals surface area contributed by atoms with Gasteiger partial charge in [0.25, 0.3) is 0 Å². The lowest BCUT2D eigenvalue weighted by molar-refractivity contribution is -0.137. The van der Waals surface area contributed by atoms with E-state index in [4.69, 9.17) is 5.11 Å². The molecule has 0 bridgehead atoms. The number of carboxylic acid groups (broad SMARTS) is 1. The first-order valence-corrected chi connectivity index (χ1v) is 8.88. The molecule has 2 rings (SSSR count). The molecule has 0 unspecified atom stereocenters. The minimum atomic E-state index is -3.73. The fourth-order valence-electron chi connectivity index (χ4n) is 2.73. The first-order valence-electron chi connectivity index (χ1n) is 6.63. The van der Waals surface area contributed by atoms with Crippen LogP contribution in [0.15, 0.2) is 11.0 Å². The lowest BCUT2D eigenvalue weighted by atomic mass is 10.2. The number of rotatable bonds is 5. The van der Waals surface area contributed by atoms with Crippen LogP contribution in [0.4, 0.5) is 0 Å². The highest BCUT2D eigenvalue weighted by Gasteiger charge is 2.36. The second kappa shape index (κ2) is 5.83. The van der Waals surface area contributed by atoms with E-state index in [1.165, 1.54) is 15.6 Å². The summed E-state index contributed by atoms with van der Waals surface area (Å²) in [6.07, 6.45) is 3.40. The number of carbonyl (C=O) groups is 1. The molecule has 7 heteroatoms. The Bertz CT molecular complexity index is 600. The van der Waals surface area contributed by atoms with Crippen LogP contribution in [0.3, 0.4) is 0 Å². The molecule has 0 saturated heterocycles. The number of aryl methyl sites for hydroxylation is 2. The van der Waals surface area contributed by atoms with Crippen molar-refractivity contribution < 1.29 is 18.3 Å². The Labute approximate surface area is 123 Å². The van der Waals surface area contributed by atoms with Gasteiger partial charge < -0.3 is 5.11 Å². The molecule has 0 spiro atoms. The lowest BCUT2D eigenvalue weighted by Gasteiger charge is -2.26. The van der Waals surface area contributed by atoms with Crippen molar-refractivity contribution >= 4 is 27.3 Å². The van der Waals surface area contributed by atoms with E-state index in [1.54, 1.807) is 13.0 Å². The molecule has 0 aliphatic heterocycles. The molecular weight excluding hydrogens is 298 g/mol. The molecule has 112 valence electrons. The maximum atomic E-state index is 12.8. The summed E-state index contributed by atoms with van der Waals surface area (Å²) in [7, 11) is -3.73. The maximum absolute atomic E-state index is 12.8. The molecule has 1 saturated carbocycles. The Morgan fingerprint density at radius 2 is 2.00 bits per heavy atom. The fourth-order valence-corrected chi connectivity index (χ4v) is 5.89. The second-order valence-electron chi connectivity index (χ2n) is 5.16. The molecule has 1 aliphatic rings. The summed E-state index contributed by atoms with van der Waals surface area (Å²) in [5.74, 6) is -1.11. The zero-order valence-electron chi connectivity index (χ0n) is 11.6. The highest BCUT2D eigenvalue weighted by molar-refractivity contribution is 7.89. The van der Waals surface area contributed by atoms with Crippen molar-refractivity contribution in [3.05, 3.63) is 15.8 Å². The maximum Gasteiger partial charge on any atom is 0.318 e. The van der Waals surface area contributed by atoms with Crippen molar-refractivity contribution in [1.82, 2.24) is 4.31 Å². The predicted octanol–water partition coefficient (Wildman–Crippen LogP) is 2.38. The Balaban J connectivity index is 2.40. The predicted molar refractivity (Wildman–Crippen MR) is 77.6 cm³/mol. The van der Waals surface area contributed by atoms with Crippen LogP contribution in [0.25, 0.3) is 0 Å². The molecule has 1 aromatic rings. The van der Waals surface area contributed by atoms with Gasteiger partial charge in [0.2, 0.25) is 10.0 Å². The van der Waals surface area contributed by atoms with Gasteiger partial charge in [-0.05, 0) is 32.8 Å². The average Bonchev–Trinajstić information content (AvgIpc) is 2.95. The number of hydrogen-bond donors (Lipinski definition) is 1. The molecule has 0 amide bonds. The highest BCUT2D eigenvalue weighted by atomic mass is 32.2. The summed E-state index contributed by atoms with van der Waals surface area (Å²) in [5, 5.41) is 9.03. The summed E-state index contributed by atoms with van der Waals surface area (Å²) in [6.45, 7) is 3.16. The van der Waals surface area contributed by atoms with E-state index in [2.05, 4.69) is 0 Å². The van der Waals surface area contributed by atoms with Gasteiger partial charge in [-0.25, -0.2) is 8.42 Å². The molecular formula is C13H19NO4S2. The molecule has 0 aromatic carbocycles. The van der Waals surface area contributed by atoms with Gasteiger partial charge in [-0.15, -0.1) is 11.3 Å². The largest absolute Gasteiger partial charge is 0.480 e. The van der Waals surface area contributed by atoms with Gasteiger partial charge in [0.1, 0.15) is 6.54 Å². The van der Waals surface area contributed by atoms with E-state index in [9.17, 15) is 13.2 Å². The molecule has 1 aliphatic carbocycles. The van der Waals surface area contributed by atoms with E-state index >= 15 is 0 Å². The summed E-state index contributed by atoms with van der Waals surface area (Å²) in [5.41, 5.74) is 0. The van der Waals surface area contributed by atoms with Crippen molar-refractivity contribution in [3.63, 3.8) is 0 Å². The Hall–Kier alpha value is -0.920. The summed E-state index contributed by atoms with van der Waals surface area (Å²) < 4.78 is 26.7. The van der Waals surface area contributed by atoms with Crippen molar-refractivity contribution in [2.75, 3.05) is 6.54 Å². The highest BCUT2D eigenvalue weighted by Crippen LogP contribution is 2.32. The van der Waals surface area contributed by atoms with Crippen molar-refractivity contribution in [2.24, 2.45) is 0 Å². The number of sulfonamides is 1. The third-order valence-corrected chi connectivity index (χ3v) is 6.72. The standard InChI is InChI=1S/C13H19NO4S2/c1-9-7-12(10(2)19-9)20(17,18)14(8-13(15)16)11-5-3-4-6-11/h7,11H,3-6,8H2,1-2H3,(H,15,16). The lowest BCUT2D eigenvalue weighted by Crippen LogP contribution is -2.42. The number of nitrogens with zero attached hydrogens (tertiary/aromatic N) is 1. The van der Waals surface area contributed by atoms with Crippen molar-refractivity contribution in [3.8, 4) is 0 Å². The van der Waals surface area contributed by atoms with Crippen LogP contribution in [0.5, 0.6) is 0 Å². The van der Waals surface area contributed by atoms with Crippen molar-refractivity contribution in [1.29, 1.82) is 0 Å². The fraction of sp³-hybridized carbons (Fsp3) is 0.615. The van der Waals surface area contributed by atoms with E-state index < -0.39 is 22.5 Å². The SMILES string of the molecule is Cc1cc(S(=O)(=O)N(CC(=O)O)C2CCCC2)c(C)s1. The van der Waals surface area contributed by atoms with Gasteiger partial charge in [0.15, 0.2) is 0 Å². The van der Waals surface area contributed by atoms with E-state index in [-0.39, 0.29) is 10.9 Å². The van der Waals surface area contributed by atoms with E-state index in [1.807, 2.05) is 6.92 Å². The Morgan fingerprint density at radius 1 is 1.40 bits per heavy atom. The number of carboxylic acids is 1. The van der Waals surface area contributed by atoms with Crippen LogP contribution < -0.4 is 0 Å². The minimum Gasteiger partial charge on any atom is -0.480 e. The van der Waals surface area contributed by atoms with Gasteiger partial charge in [-0.1, -0.05) is 12.8 Å². The third-order valence-electron chi connectivity index (χ3n) is 3.61.